The fourth-order valence-electron chi connectivity index (χ4n) is 1.67. The maximum atomic E-state index is 11.8. The summed E-state index contributed by atoms with van der Waals surface area (Å²) in [6.45, 7) is 5.11. The van der Waals surface area contributed by atoms with E-state index in [2.05, 4.69) is 0 Å². The third-order valence-electron chi connectivity index (χ3n) is 3.03. The van der Waals surface area contributed by atoms with E-state index in [9.17, 15) is 9.90 Å². The van der Waals surface area contributed by atoms with E-state index in [1.54, 1.807) is 11.8 Å². The number of hydrogen-bond acceptors (Lipinski definition) is 3. The van der Waals surface area contributed by atoms with Gasteiger partial charge in [-0.05, 0) is 19.8 Å². The number of carbonyl (C=O) groups is 1. The van der Waals surface area contributed by atoms with Crippen molar-refractivity contribution in [3.05, 3.63) is 0 Å². The molecule has 0 aromatic rings. The molecular formula is C10H20N2O2. The Labute approximate surface area is 85.1 Å². The lowest BCUT2D eigenvalue weighted by Gasteiger charge is -2.26. The molecule has 0 aliphatic carbocycles. The minimum absolute atomic E-state index is 0.0177. The maximum absolute atomic E-state index is 11.8. The number of nitrogens with zero attached hydrogens (tertiary/aromatic N) is 1. The summed E-state index contributed by atoms with van der Waals surface area (Å²) in [6.07, 6.45) is 1.61. The molecule has 1 amide bonds. The van der Waals surface area contributed by atoms with Crippen molar-refractivity contribution < 1.29 is 9.90 Å². The van der Waals surface area contributed by atoms with Gasteiger partial charge in [0.25, 0.3) is 0 Å². The molecule has 3 N–H and O–H groups in total. The SMILES string of the molecule is CC(O)C(C)C(N)C(=O)N1CCCC1. The highest BCUT2D eigenvalue weighted by molar-refractivity contribution is 5.82. The van der Waals surface area contributed by atoms with E-state index < -0.39 is 12.1 Å². The van der Waals surface area contributed by atoms with Crippen molar-refractivity contribution in [3.8, 4) is 0 Å². The highest BCUT2D eigenvalue weighted by atomic mass is 16.3. The number of carbonyl (C=O) groups excluding carboxylic acids is 1. The monoisotopic (exact) mass is 200 g/mol. The van der Waals surface area contributed by atoms with Crippen LogP contribution in [0.2, 0.25) is 0 Å². The zero-order valence-electron chi connectivity index (χ0n) is 8.94. The molecule has 0 saturated carbocycles. The van der Waals surface area contributed by atoms with Crippen molar-refractivity contribution in [2.24, 2.45) is 11.7 Å². The average Bonchev–Trinajstić information content (AvgIpc) is 2.67. The van der Waals surface area contributed by atoms with Crippen LogP contribution < -0.4 is 5.73 Å². The van der Waals surface area contributed by atoms with Gasteiger partial charge in [0.2, 0.25) is 5.91 Å². The summed E-state index contributed by atoms with van der Waals surface area (Å²) in [7, 11) is 0. The Morgan fingerprint density at radius 1 is 1.36 bits per heavy atom. The Morgan fingerprint density at radius 3 is 2.29 bits per heavy atom. The van der Waals surface area contributed by atoms with Crippen LogP contribution in [0.25, 0.3) is 0 Å². The molecule has 3 unspecified atom stereocenters. The van der Waals surface area contributed by atoms with Gasteiger partial charge >= 0.3 is 0 Å². The number of hydrogen-bond donors (Lipinski definition) is 2. The van der Waals surface area contributed by atoms with Crippen LogP contribution in [0.15, 0.2) is 0 Å². The molecule has 14 heavy (non-hydrogen) atoms. The summed E-state index contributed by atoms with van der Waals surface area (Å²) >= 11 is 0. The minimum atomic E-state index is -0.562. The van der Waals surface area contributed by atoms with Gasteiger partial charge in [0, 0.05) is 19.0 Å². The molecule has 3 atom stereocenters. The van der Waals surface area contributed by atoms with Gasteiger partial charge < -0.3 is 15.7 Å². The molecular weight excluding hydrogens is 180 g/mol. The number of amides is 1. The molecule has 0 radical (unpaired) electrons. The standard InChI is InChI=1S/C10H20N2O2/c1-7(8(2)13)9(11)10(14)12-5-3-4-6-12/h7-9,13H,3-6,11H2,1-2H3. The summed E-state index contributed by atoms with van der Waals surface area (Å²) in [4.78, 5) is 13.6. The Bertz CT molecular complexity index is 200. The molecule has 1 saturated heterocycles. The lowest BCUT2D eigenvalue weighted by molar-refractivity contribution is -0.133. The smallest absolute Gasteiger partial charge is 0.239 e. The first-order chi connectivity index (χ1) is 6.54. The predicted octanol–water partition coefficient (Wildman–Crippen LogP) is -0.0470. The van der Waals surface area contributed by atoms with Gasteiger partial charge in [-0.25, -0.2) is 0 Å². The Balaban J connectivity index is 2.50. The highest BCUT2D eigenvalue weighted by Crippen LogP contribution is 2.13. The first-order valence-corrected chi connectivity index (χ1v) is 5.26. The fraction of sp³-hybridized carbons (Fsp3) is 0.900. The van der Waals surface area contributed by atoms with Crippen LogP contribution in [0.3, 0.4) is 0 Å². The molecule has 1 rings (SSSR count). The largest absolute Gasteiger partial charge is 0.393 e. The van der Waals surface area contributed by atoms with Crippen molar-refractivity contribution in [1.29, 1.82) is 0 Å². The van der Waals surface area contributed by atoms with Crippen LogP contribution in [0.1, 0.15) is 26.7 Å². The van der Waals surface area contributed by atoms with E-state index in [0.29, 0.717) is 0 Å². The summed E-state index contributed by atoms with van der Waals surface area (Å²) in [6, 6.07) is -0.562. The van der Waals surface area contributed by atoms with Crippen LogP contribution in [-0.4, -0.2) is 41.1 Å². The fourth-order valence-corrected chi connectivity index (χ4v) is 1.67. The quantitative estimate of drug-likeness (QED) is 0.671. The third-order valence-corrected chi connectivity index (χ3v) is 3.03. The number of aliphatic hydroxyl groups is 1. The lowest BCUT2D eigenvalue weighted by Crippen LogP contribution is -2.48. The molecule has 0 aromatic carbocycles. The first-order valence-electron chi connectivity index (χ1n) is 5.26. The second-order valence-corrected chi connectivity index (χ2v) is 4.16. The van der Waals surface area contributed by atoms with E-state index in [-0.39, 0.29) is 11.8 Å². The van der Waals surface area contributed by atoms with E-state index >= 15 is 0 Å². The molecule has 4 heteroatoms. The summed E-state index contributed by atoms with van der Waals surface area (Å²) < 4.78 is 0. The summed E-state index contributed by atoms with van der Waals surface area (Å²) in [5.41, 5.74) is 5.79. The second-order valence-electron chi connectivity index (χ2n) is 4.16. The van der Waals surface area contributed by atoms with Crippen LogP contribution >= 0.6 is 0 Å². The molecule has 82 valence electrons. The van der Waals surface area contributed by atoms with Gasteiger partial charge in [0.15, 0.2) is 0 Å². The predicted molar refractivity (Wildman–Crippen MR) is 54.6 cm³/mol. The molecule has 1 heterocycles. The van der Waals surface area contributed by atoms with E-state index in [1.165, 1.54) is 0 Å². The summed E-state index contributed by atoms with van der Waals surface area (Å²) in [5.74, 6) is -0.195. The zero-order valence-corrected chi connectivity index (χ0v) is 8.94. The van der Waals surface area contributed by atoms with Crippen LogP contribution in [0.5, 0.6) is 0 Å². The van der Waals surface area contributed by atoms with E-state index in [0.717, 1.165) is 25.9 Å². The minimum Gasteiger partial charge on any atom is -0.393 e. The highest BCUT2D eigenvalue weighted by Gasteiger charge is 2.29. The van der Waals surface area contributed by atoms with Gasteiger partial charge in [0.1, 0.15) is 0 Å². The molecule has 0 aromatic heterocycles. The van der Waals surface area contributed by atoms with E-state index in [1.807, 2.05) is 6.92 Å². The molecule has 4 nitrogen and oxygen atoms in total. The van der Waals surface area contributed by atoms with Crippen LogP contribution in [0.4, 0.5) is 0 Å². The van der Waals surface area contributed by atoms with Crippen LogP contribution in [-0.2, 0) is 4.79 Å². The average molecular weight is 200 g/mol. The topological polar surface area (TPSA) is 66.6 Å². The Hall–Kier alpha value is -0.610. The van der Waals surface area contributed by atoms with Gasteiger partial charge in [0.05, 0.1) is 12.1 Å². The van der Waals surface area contributed by atoms with Crippen molar-refractivity contribution in [1.82, 2.24) is 4.90 Å². The van der Waals surface area contributed by atoms with Crippen molar-refractivity contribution in [3.63, 3.8) is 0 Å². The van der Waals surface area contributed by atoms with Crippen molar-refractivity contribution in [2.75, 3.05) is 13.1 Å². The molecule has 0 spiro atoms. The van der Waals surface area contributed by atoms with E-state index in [4.69, 9.17) is 5.73 Å². The number of rotatable bonds is 3. The number of aliphatic hydroxyl groups excluding tert-OH is 1. The molecule has 0 bridgehead atoms. The summed E-state index contributed by atoms with van der Waals surface area (Å²) in [5, 5.41) is 9.33. The van der Waals surface area contributed by atoms with Gasteiger partial charge in [-0.3, -0.25) is 4.79 Å². The number of likely N-dealkylation sites (tertiary alicyclic amines) is 1. The first kappa shape index (κ1) is 11.5. The lowest BCUT2D eigenvalue weighted by atomic mass is 9.96. The zero-order chi connectivity index (χ0) is 10.7. The maximum Gasteiger partial charge on any atom is 0.239 e. The van der Waals surface area contributed by atoms with Crippen molar-refractivity contribution >= 4 is 5.91 Å². The normalized spacial score (nSPS) is 23.3. The number of nitrogens with two attached hydrogens (primary N) is 1. The molecule has 1 aliphatic heterocycles. The Morgan fingerprint density at radius 2 is 1.86 bits per heavy atom. The van der Waals surface area contributed by atoms with Crippen molar-refractivity contribution in [2.45, 2.75) is 38.8 Å². The molecule has 1 fully saturated rings. The molecule has 1 aliphatic rings. The van der Waals surface area contributed by atoms with Crippen LogP contribution in [0, 0.1) is 5.92 Å². The van der Waals surface area contributed by atoms with Gasteiger partial charge in [-0.15, -0.1) is 0 Å². The third kappa shape index (κ3) is 2.45. The second kappa shape index (κ2) is 4.75. The van der Waals surface area contributed by atoms with Gasteiger partial charge in [-0.2, -0.15) is 0 Å². The Kier molecular flexibility index (Phi) is 3.89. The van der Waals surface area contributed by atoms with Gasteiger partial charge in [-0.1, -0.05) is 6.92 Å².